The van der Waals surface area contributed by atoms with Crippen LogP contribution >= 0.6 is 0 Å². The van der Waals surface area contributed by atoms with E-state index in [2.05, 4.69) is 4.98 Å². The average Bonchev–Trinajstić information content (AvgIpc) is 3.00. The first kappa shape index (κ1) is 16.3. The summed E-state index contributed by atoms with van der Waals surface area (Å²) in [4.78, 5) is 17.4. The van der Waals surface area contributed by atoms with E-state index in [9.17, 15) is 22.4 Å². The summed E-state index contributed by atoms with van der Waals surface area (Å²) >= 11 is 0. The fourth-order valence-electron chi connectivity index (χ4n) is 2.59. The van der Waals surface area contributed by atoms with Gasteiger partial charge in [0.05, 0.1) is 0 Å². The second-order valence-electron chi connectivity index (χ2n) is 5.36. The van der Waals surface area contributed by atoms with Gasteiger partial charge in [0.2, 0.25) is 11.6 Å². The fraction of sp³-hybridized carbons (Fsp3) is 0.333. The van der Waals surface area contributed by atoms with Crippen molar-refractivity contribution in [1.82, 2.24) is 9.88 Å². The summed E-state index contributed by atoms with van der Waals surface area (Å²) in [7, 11) is 0. The van der Waals surface area contributed by atoms with Crippen molar-refractivity contribution in [1.29, 1.82) is 0 Å². The first-order chi connectivity index (χ1) is 11.4. The Morgan fingerprint density at radius 2 is 1.62 bits per heavy atom. The van der Waals surface area contributed by atoms with Gasteiger partial charge in [0, 0.05) is 26.2 Å². The quantitative estimate of drug-likeness (QED) is 0.621. The molecule has 3 rings (SSSR count). The minimum absolute atomic E-state index is 0.0160. The van der Waals surface area contributed by atoms with Gasteiger partial charge in [0.25, 0.3) is 17.8 Å². The smallest absolute Gasteiger partial charge is 0.289 e. The Bertz CT molecular complexity index is 759. The van der Waals surface area contributed by atoms with Crippen molar-refractivity contribution in [2.75, 3.05) is 31.1 Å². The van der Waals surface area contributed by atoms with Crippen LogP contribution in [0.3, 0.4) is 0 Å². The van der Waals surface area contributed by atoms with Crippen molar-refractivity contribution in [2.24, 2.45) is 0 Å². The van der Waals surface area contributed by atoms with Gasteiger partial charge in [-0.1, -0.05) is 0 Å². The van der Waals surface area contributed by atoms with Crippen LogP contribution in [0.15, 0.2) is 16.5 Å². The molecule has 2 aromatic heterocycles. The minimum Gasteiger partial charge on any atom is -0.456 e. The van der Waals surface area contributed by atoms with Gasteiger partial charge in [-0.2, -0.15) is 22.5 Å². The Labute approximate surface area is 134 Å². The van der Waals surface area contributed by atoms with E-state index >= 15 is 0 Å². The summed E-state index contributed by atoms with van der Waals surface area (Å²) in [5, 5.41) is 0. The highest BCUT2D eigenvalue weighted by Gasteiger charge is 2.30. The predicted octanol–water partition coefficient (Wildman–Crippen LogP) is 2.50. The van der Waals surface area contributed by atoms with Crippen LogP contribution in [0.1, 0.15) is 16.3 Å². The molecule has 128 valence electrons. The summed E-state index contributed by atoms with van der Waals surface area (Å²) in [6.45, 7) is 1.99. The molecule has 0 bridgehead atoms. The molecule has 24 heavy (non-hydrogen) atoms. The molecule has 0 N–H and O–H groups in total. The van der Waals surface area contributed by atoms with Gasteiger partial charge in [-0.05, 0) is 19.1 Å². The van der Waals surface area contributed by atoms with Crippen molar-refractivity contribution in [3.63, 3.8) is 0 Å². The van der Waals surface area contributed by atoms with Crippen LogP contribution in [-0.2, 0) is 0 Å². The zero-order valence-electron chi connectivity index (χ0n) is 12.7. The molecule has 2 aromatic rings. The SMILES string of the molecule is Cc1ccc(C(=O)N2CCN(c3c(F)c(F)nc(F)c3F)CC2)o1. The topological polar surface area (TPSA) is 49.6 Å². The molecule has 1 aliphatic heterocycles. The van der Waals surface area contributed by atoms with Crippen molar-refractivity contribution in [2.45, 2.75) is 6.92 Å². The highest BCUT2D eigenvalue weighted by Crippen LogP contribution is 2.27. The van der Waals surface area contributed by atoms with Crippen molar-refractivity contribution < 1.29 is 26.8 Å². The molecule has 1 aliphatic rings. The van der Waals surface area contributed by atoms with Crippen LogP contribution in [0.4, 0.5) is 23.2 Å². The van der Waals surface area contributed by atoms with Gasteiger partial charge in [0.15, 0.2) is 5.76 Å². The number of hydrogen-bond acceptors (Lipinski definition) is 4. The lowest BCUT2D eigenvalue weighted by atomic mass is 10.2. The van der Waals surface area contributed by atoms with Crippen molar-refractivity contribution >= 4 is 11.6 Å². The lowest BCUT2D eigenvalue weighted by Gasteiger charge is -2.35. The van der Waals surface area contributed by atoms with Crippen LogP contribution in [0.5, 0.6) is 0 Å². The van der Waals surface area contributed by atoms with Crippen LogP contribution in [0.2, 0.25) is 0 Å². The summed E-state index contributed by atoms with van der Waals surface area (Å²) < 4.78 is 59.2. The number of carbonyl (C=O) groups is 1. The number of pyridine rings is 1. The maximum absolute atomic E-state index is 13.8. The van der Waals surface area contributed by atoms with Gasteiger partial charge in [-0.3, -0.25) is 4.79 Å². The molecule has 1 fully saturated rings. The zero-order valence-corrected chi connectivity index (χ0v) is 12.7. The summed E-state index contributed by atoms with van der Waals surface area (Å²) in [6.07, 6.45) is 0. The van der Waals surface area contributed by atoms with Crippen molar-refractivity contribution in [3.05, 3.63) is 47.2 Å². The number of nitrogens with zero attached hydrogens (tertiary/aromatic N) is 3. The number of halogens is 4. The van der Waals surface area contributed by atoms with Gasteiger partial charge in [-0.15, -0.1) is 0 Å². The number of furan rings is 1. The first-order valence-corrected chi connectivity index (χ1v) is 7.19. The normalized spacial score (nSPS) is 15.0. The zero-order chi connectivity index (χ0) is 17.4. The van der Waals surface area contributed by atoms with Crippen molar-refractivity contribution in [3.8, 4) is 0 Å². The van der Waals surface area contributed by atoms with E-state index < -0.39 is 29.2 Å². The monoisotopic (exact) mass is 343 g/mol. The molecule has 9 heteroatoms. The number of amides is 1. The predicted molar refractivity (Wildman–Crippen MR) is 75.6 cm³/mol. The first-order valence-electron chi connectivity index (χ1n) is 7.19. The Balaban J connectivity index is 1.75. The molecule has 0 atom stereocenters. The van der Waals surface area contributed by atoms with Crippen LogP contribution in [0, 0.1) is 30.5 Å². The molecule has 0 aromatic carbocycles. The van der Waals surface area contributed by atoms with Crippen LogP contribution in [-0.4, -0.2) is 42.0 Å². The second-order valence-corrected chi connectivity index (χ2v) is 5.36. The molecule has 3 heterocycles. The van der Waals surface area contributed by atoms with Gasteiger partial charge < -0.3 is 14.2 Å². The standard InChI is InChI=1S/C15H13F4N3O2/c1-8-2-3-9(24-8)15(23)22-6-4-21(5-7-22)12-10(16)13(18)20-14(19)11(12)17/h2-3H,4-7H2,1H3. The maximum atomic E-state index is 13.8. The highest BCUT2D eigenvalue weighted by molar-refractivity contribution is 5.91. The van der Waals surface area contributed by atoms with E-state index in [1.165, 1.54) is 11.0 Å². The fourth-order valence-corrected chi connectivity index (χ4v) is 2.59. The Morgan fingerprint density at radius 1 is 1.04 bits per heavy atom. The lowest BCUT2D eigenvalue weighted by Crippen LogP contribution is -2.49. The molecular formula is C15H13F4N3O2. The molecule has 0 unspecified atom stereocenters. The third-order valence-corrected chi connectivity index (χ3v) is 3.81. The molecule has 1 saturated heterocycles. The number of anilines is 1. The average molecular weight is 343 g/mol. The van der Waals surface area contributed by atoms with Crippen LogP contribution < -0.4 is 4.90 Å². The van der Waals surface area contributed by atoms with Gasteiger partial charge >= 0.3 is 0 Å². The number of rotatable bonds is 2. The number of hydrogen-bond donors (Lipinski definition) is 0. The Hall–Kier alpha value is -2.58. The Kier molecular flexibility index (Phi) is 4.16. The van der Waals surface area contributed by atoms with E-state index in [0.717, 1.165) is 4.90 Å². The molecule has 0 spiro atoms. The van der Waals surface area contributed by atoms with Crippen LogP contribution in [0.25, 0.3) is 0 Å². The van der Waals surface area contributed by atoms with E-state index in [4.69, 9.17) is 4.42 Å². The molecular weight excluding hydrogens is 330 g/mol. The van der Waals surface area contributed by atoms with E-state index in [0.29, 0.717) is 5.76 Å². The highest BCUT2D eigenvalue weighted by atomic mass is 19.2. The molecule has 0 aliphatic carbocycles. The second kappa shape index (κ2) is 6.14. The molecule has 0 saturated carbocycles. The number of piperazine rings is 1. The van der Waals surface area contributed by atoms with E-state index in [1.54, 1.807) is 13.0 Å². The summed E-state index contributed by atoms with van der Waals surface area (Å²) in [5.41, 5.74) is -0.805. The molecule has 0 radical (unpaired) electrons. The van der Waals surface area contributed by atoms with E-state index in [1.807, 2.05) is 0 Å². The number of aryl methyl sites for hydroxylation is 1. The van der Waals surface area contributed by atoms with Gasteiger partial charge in [0.1, 0.15) is 11.4 Å². The molecule has 5 nitrogen and oxygen atoms in total. The molecule has 1 amide bonds. The van der Waals surface area contributed by atoms with E-state index in [-0.39, 0.29) is 37.8 Å². The lowest BCUT2D eigenvalue weighted by molar-refractivity contribution is 0.0713. The van der Waals surface area contributed by atoms with Gasteiger partial charge in [-0.25, -0.2) is 0 Å². The summed E-state index contributed by atoms with van der Waals surface area (Å²) in [5.74, 6) is -6.09. The minimum atomic E-state index is -1.70. The number of carbonyl (C=O) groups excluding carboxylic acids is 1. The maximum Gasteiger partial charge on any atom is 0.289 e. The third kappa shape index (κ3) is 2.81. The number of aromatic nitrogens is 1. The largest absolute Gasteiger partial charge is 0.456 e. The Morgan fingerprint density at radius 3 is 2.12 bits per heavy atom. The summed E-state index contributed by atoms with van der Waals surface area (Å²) in [6, 6.07) is 3.19. The third-order valence-electron chi connectivity index (χ3n) is 3.81.